The van der Waals surface area contributed by atoms with Crippen LogP contribution in [0, 0.1) is 0 Å². The predicted molar refractivity (Wildman–Crippen MR) is 75.6 cm³/mol. The molecule has 0 aliphatic rings. The number of nitrogens with zero attached hydrogens (tertiary/aromatic N) is 2. The molecule has 7 heteroatoms. The van der Waals surface area contributed by atoms with E-state index >= 15 is 0 Å². The smallest absolute Gasteiger partial charge is 0.197 e. The van der Waals surface area contributed by atoms with Crippen molar-refractivity contribution in [1.82, 2.24) is 9.27 Å². The number of rotatable bonds is 9. The molecule has 1 aromatic heterocycles. The van der Waals surface area contributed by atoms with Crippen LogP contribution in [0.15, 0.2) is 0 Å². The monoisotopic (exact) mass is 274 g/mol. The summed E-state index contributed by atoms with van der Waals surface area (Å²) in [6, 6.07) is 0. The van der Waals surface area contributed by atoms with Crippen LogP contribution in [0.25, 0.3) is 0 Å². The van der Waals surface area contributed by atoms with Crippen molar-refractivity contribution in [2.75, 3.05) is 58.1 Å². The van der Waals surface area contributed by atoms with Gasteiger partial charge < -0.3 is 25.4 Å². The van der Waals surface area contributed by atoms with E-state index in [1.165, 1.54) is 11.5 Å². The summed E-state index contributed by atoms with van der Waals surface area (Å²) >= 11 is 1.33. The Morgan fingerprint density at radius 2 is 2.22 bits per heavy atom. The summed E-state index contributed by atoms with van der Waals surface area (Å²) in [6.45, 7) is 5.93. The van der Waals surface area contributed by atoms with Gasteiger partial charge in [-0.15, -0.1) is 0 Å². The van der Waals surface area contributed by atoms with E-state index in [0.29, 0.717) is 18.2 Å². The zero-order valence-corrected chi connectivity index (χ0v) is 12.0. The first-order valence-electron chi connectivity index (χ1n) is 5.98. The van der Waals surface area contributed by atoms with Crippen molar-refractivity contribution >= 4 is 22.4 Å². The first-order chi connectivity index (χ1) is 8.69. The summed E-state index contributed by atoms with van der Waals surface area (Å²) in [7, 11) is 3.77. The molecule has 0 aromatic carbocycles. The molecule has 0 unspecified atom stereocenters. The number of likely N-dealkylation sites (N-methyl/N-ethyl adjacent to an activating group) is 1. The second-order valence-electron chi connectivity index (χ2n) is 3.88. The van der Waals surface area contributed by atoms with Gasteiger partial charge in [-0.05, 0) is 25.5 Å². The van der Waals surface area contributed by atoms with Crippen molar-refractivity contribution in [3.63, 3.8) is 0 Å². The fourth-order valence-electron chi connectivity index (χ4n) is 1.41. The van der Waals surface area contributed by atoms with Crippen molar-refractivity contribution in [3.05, 3.63) is 0 Å². The highest BCUT2D eigenvalue weighted by atomic mass is 32.1. The van der Waals surface area contributed by atoms with E-state index in [-0.39, 0.29) is 0 Å². The molecule has 0 aliphatic heterocycles. The van der Waals surface area contributed by atoms with E-state index < -0.39 is 0 Å². The molecule has 1 rings (SSSR count). The van der Waals surface area contributed by atoms with Crippen LogP contribution in [0.3, 0.4) is 0 Å². The molecule has 0 fully saturated rings. The van der Waals surface area contributed by atoms with Gasteiger partial charge >= 0.3 is 0 Å². The van der Waals surface area contributed by atoms with E-state index in [2.05, 4.69) is 21.6 Å². The van der Waals surface area contributed by atoms with Gasteiger partial charge in [0.25, 0.3) is 0 Å². The van der Waals surface area contributed by atoms with Crippen LogP contribution >= 0.6 is 11.5 Å². The van der Waals surface area contributed by atoms with Gasteiger partial charge in [-0.1, -0.05) is 0 Å². The van der Waals surface area contributed by atoms with Gasteiger partial charge in [0.05, 0.1) is 13.2 Å². The van der Waals surface area contributed by atoms with Crippen molar-refractivity contribution in [3.8, 4) is 5.75 Å². The van der Waals surface area contributed by atoms with Gasteiger partial charge in [-0.3, -0.25) is 0 Å². The van der Waals surface area contributed by atoms with E-state index in [9.17, 15) is 0 Å². The molecule has 0 saturated heterocycles. The fourth-order valence-corrected chi connectivity index (χ4v) is 2.10. The average Bonchev–Trinajstić information content (AvgIpc) is 2.69. The minimum atomic E-state index is 0.456. The van der Waals surface area contributed by atoms with Crippen molar-refractivity contribution in [2.45, 2.75) is 6.92 Å². The van der Waals surface area contributed by atoms with Crippen LogP contribution < -0.4 is 15.8 Å². The van der Waals surface area contributed by atoms with E-state index in [1.54, 1.807) is 7.11 Å². The topological polar surface area (TPSA) is 72.6 Å². The fraction of sp³-hybridized carbons (Fsp3) is 0.727. The molecule has 0 aliphatic carbocycles. The Kier molecular flexibility index (Phi) is 6.77. The average molecular weight is 274 g/mol. The zero-order chi connectivity index (χ0) is 13.4. The molecule has 0 spiro atoms. The van der Waals surface area contributed by atoms with Gasteiger partial charge in [-0.25, -0.2) is 0 Å². The lowest BCUT2D eigenvalue weighted by Gasteiger charge is -2.16. The van der Waals surface area contributed by atoms with Crippen LogP contribution in [-0.2, 0) is 4.74 Å². The number of anilines is 2. The molecule has 104 valence electrons. The Hall–Kier alpha value is -1.05. The van der Waals surface area contributed by atoms with Gasteiger partial charge in [0, 0.05) is 26.7 Å². The van der Waals surface area contributed by atoms with Gasteiger partial charge in [0.1, 0.15) is 0 Å². The van der Waals surface area contributed by atoms with Crippen LogP contribution in [0.1, 0.15) is 6.92 Å². The molecule has 0 atom stereocenters. The standard InChI is InChI=1S/C11H22N4O2S/c1-4-17-9-10(12)14-18-11(9)13-5-6-15(2)7-8-16-3/h13H,4-8H2,1-3H3,(H2,12,14). The highest BCUT2D eigenvalue weighted by Crippen LogP contribution is 2.34. The number of methoxy groups -OCH3 is 1. The Bertz CT molecular complexity index is 346. The molecular formula is C11H22N4O2S. The zero-order valence-electron chi connectivity index (χ0n) is 11.2. The first kappa shape index (κ1) is 15.0. The summed E-state index contributed by atoms with van der Waals surface area (Å²) in [5, 5.41) is 4.19. The van der Waals surface area contributed by atoms with Gasteiger partial charge in [0.15, 0.2) is 16.6 Å². The van der Waals surface area contributed by atoms with Gasteiger partial charge in [0.2, 0.25) is 0 Å². The lowest BCUT2D eigenvalue weighted by Crippen LogP contribution is -2.28. The Morgan fingerprint density at radius 1 is 1.44 bits per heavy atom. The maximum atomic E-state index is 5.73. The van der Waals surface area contributed by atoms with Gasteiger partial charge in [-0.2, -0.15) is 4.37 Å². The molecular weight excluding hydrogens is 252 g/mol. The summed E-state index contributed by atoms with van der Waals surface area (Å²) in [4.78, 5) is 2.20. The quantitative estimate of drug-likeness (QED) is 0.703. The van der Waals surface area contributed by atoms with E-state index in [0.717, 1.165) is 31.2 Å². The number of nitrogens with two attached hydrogens (primary N) is 1. The SMILES string of the molecule is CCOc1c(N)nsc1NCCN(C)CCOC. The number of hydrogen-bond acceptors (Lipinski definition) is 7. The third-order valence-electron chi connectivity index (χ3n) is 2.42. The first-order valence-corrected chi connectivity index (χ1v) is 6.75. The number of ether oxygens (including phenoxy) is 2. The largest absolute Gasteiger partial charge is 0.487 e. The summed E-state index contributed by atoms with van der Waals surface area (Å²) in [5.41, 5.74) is 5.73. The molecule has 0 saturated carbocycles. The number of hydrogen-bond donors (Lipinski definition) is 2. The van der Waals surface area contributed by atoms with E-state index in [4.69, 9.17) is 15.2 Å². The minimum Gasteiger partial charge on any atom is -0.487 e. The molecule has 18 heavy (non-hydrogen) atoms. The van der Waals surface area contributed by atoms with Crippen molar-refractivity contribution < 1.29 is 9.47 Å². The number of aromatic nitrogens is 1. The molecule has 1 aromatic rings. The number of nitrogens with one attached hydrogen (secondary N) is 1. The summed E-state index contributed by atoms with van der Waals surface area (Å²) < 4.78 is 14.6. The Morgan fingerprint density at radius 3 is 2.89 bits per heavy atom. The Labute approximate surface area is 112 Å². The maximum absolute atomic E-state index is 5.73. The molecule has 0 amide bonds. The van der Waals surface area contributed by atoms with E-state index in [1.807, 2.05) is 6.92 Å². The van der Waals surface area contributed by atoms with Crippen molar-refractivity contribution in [2.24, 2.45) is 0 Å². The highest BCUT2D eigenvalue weighted by Gasteiger charge is 2.12. The van der Waals surface area contributed by atoms with Crippen LogP contribution in [0.2, 0.25) is 0 Å². The third kappa shape index (κ3) is 4.67. The molecule has 1 heterocycles. The Balaban J connectivity index is 2.34. The van der Waals surface area contributed by atoms with Crippen molar-refractivity contribution in [1.29, 1.82) is 0 Å². The van der Waals surface area contributed by atoms with Crippen LogP contribution in [0.5, 0.6) is 5.75 Å². The molecule has 6 nitrogen and oxygen atoms in total. The van der Waals surface area contributed by atoms with Crippen LogP contribution in [0.4, 0.5) is 10.8 Å². The normalized spacial score (nSPS) is 10.9. The lowest BCUT2D eigenvalue weighted by atomic mass is 10.5. The third-order valence-corrected chi connectivity index (χ3v) is 3.22. The number of nitrogen functional groups attached to an aromatic ring is 1. The highest BCUT2D eigenvalue weighted by molar-refractivity contribution is 7.11. The molecule has 3 N–H and O–H groups in total. The van der Waals surface area contributed by atoms with Crippen LogP contribution in [-0.4, -0.2) is 56.3 Å². The molecule has 0 bridgehead atoms. The summed E-state index contributed by atoms with van der Waals surface area (Å²) in [6.07, 6.45) is 0. The predicted octanol–water partition coefficient (Wildman–Crippen LogP) is 1.11. The summed E-state index contributed by atoms with van der Waals surface area (Å²) in [5.74, 6) is 1.12. The second-order valence-corrected chi connectivity index (χ2v) is 4.66. The maximum Gasteiger partial charge on any atom is 0.197 e. The second kappa shape index (κ2) is 8.12. The minimum absolute atomic E-state index is 0.456. The molecule has 0 radical (unpaired) electrons. The lowest BCUT2D eigenvalue weighted by molar-refractivity contribution is 0.163.